The molecule has 4 nitrogen and oxygen atoms in total. The fourth-order valence-corrected chi connectivity index (χ4v) is 2.19. The normalized spacial score (nSPS) is 12.1. The molecule has 1 aromatic carbocycles. The quantitative estimate of drug-likeness (QED) is 0.816. The molecule has 5 heteroatoms. The first-order valence-electron chi connectivity index (χ1n) is 5.52. The van der Waals surface area contributed by atoms with Crippen molar-refractivity contribution in [2.75, 3.05) is 20.6 Å². The average molecular weight is 257 g/mol. The first-order chi connectivity index (χ1) is 7.80. The summed E-state index contributed by atoms with van der Waals surface area (Å²) < 4.78 is 31.0. The van der Waals surface area contributed by atoms with Crippen LogP contribution in [0.1, 0.15) is 17.5 Å². The van der Waals surface area contributed by atoms with E-state index >= 15 is 0 Å². The van der Waals surface area contributed by atoms with Crippen LogP contribution in [0.3, 0.4) is 0 Å². The van der Waals surface area contributed by atoms with Gasteiger partial charge in [0.15, 0.2) is 0 Å². The minimum absolute atomic E-state index is 0.0250. The molecule has 0 saturated heterocycles. The second-order valence-electron chi connectivity index (χ2n) is 4.47. The molecule has 0 atom stereocenters. The monoisotopic (exact) mass is 257 g/mol. The van der Waals surface area contributed by atoms with Crippen LogP contribution >= 0.6 is 0 Å². The third-order valence-electron chi connectivity index (χ3n) is 2.67. The Kier molecular flexibility index (Phi) is 4.68. The van der Waals surface area contributed by atoms with Crippen molar-refractivity contribution in [3.63, 3.8) is 0 Å². The molecule has 0 saturated carbocycles. The van der Waals surface area contributed by atoms with Crippen molar-refractivity contribution < 1.29 is 13.0 Å². The maximum absolute atomic E-state index is 11.0. The van der Waals surface area contributed by atoms with E-state index in [4.69, 9.17) is 4.55 Å². The van der Waals surface area contributed by atoms with Gasteiger partial charge in [-0.3, -0.25) is 4.55 Å². The number of hydrogen-bond acceptors (Lipinski definition) is 3. The Bertz CT molecular complexity index is 481. The Morgan fingerprint density at radius 3 is 2.47 bits per heavy atom. The molecular formula is C12H19NO3S. The summed E-state index contributed by atoms with van der Waals surface area (Å²) in [5, 5.41) is 0. The van der Waals surface area contributed by atoms with Gasteiger partial charge in [-0.15, -0.1) is 0 Å². The molecule has 0 amide bonds. The number of hydrogen-bond donors (Lipinski definition) is 1. The smallest absolute Gasteiger partial charge is 0.294 e. The molecule has 0 aliphatic carbocycles. The van der Waals surface area contributed by atoms with Gasteiger partial charge in [0.25, 0.3) is 10.1 Å². The van der Waals surface area contributed by atoms with Crippen LogP contribution in [0, 0.1) is 6.92 Å². The van der Waals surface area contributed by atoms with Crippen molar-refractivity contribution in [2.45, 2.75) is 24.7 Å². The molecule has 1 aromatic rings. The highest BCUT2D eigenvalue weighted by Gasteiger charge is 2.11. The van der Waals surface area contributed by atoms with E-state index < -0.39 is 10.1 Å². The summed E-state index contributed by atoms with van der Waals surface area (Å²) in [6, 6.07) is 4.72. The fraction of sp³-hybridized carbons (Fsp3) is 0.500. The second kappa shape index (κ2) is 5.62. The zero-order valence-corrected chi connectivity index (χ0v) is 11.3. The molecule has 1 N–H and O–H groups in total. The molecule has 17 heavy (non-hydrogen) atoms. The number of aryl methyl sites for hydroxylation is 2. The fourth-order valence-electron chi connectivity index (χ4n) is 1.66. The Morgan fingerprint density at radius 1 is 1.29 bits per heavy atom. The zero-order valence-electron chi connectivity index (χ0n) is 10.5. The van der Waals surface area contributed by atoms with E-state index in [1.165, 1.54) is 6.07 Å². The summed E-state index contributed by atoms with van der Waals surface area (Å²) in [6.07, 6.45) is 1.77. The molecule has 0 radical (unpaired) electrons. The molecule has 0 bridgehead atoms. The van der Waals surface area contributed by atoms with Gasteiger partial charge in [0.1, 0.15) is 0 Å². The molecule has 0 aliphatic heterocycles. The van der Waals surface area contributed by atoms with Gasteiger partial charge in [-0.1, -0.05) is 6.07 Å². The highest BCUT2D eigenvalue weighted by atomic mass is 32.2. The molecule has 0 spiro atoms. The Hall–Kier alpha value is -0.910. The summed E-state index contributed by atoms with van der Waals surface area (Å²) in [4.78, 5) is 2.06. The van der Waals surface area contributed by atoms with Crippen molar-refractivity contribution in [3.8, 4) is 0 Å². The van der Waals surface area contributed by atoms with E-state index in [1.54, 1.807) is 12.1 Å². The Morgan fingerprint density at radius 2 is 1.94 bits per heavy atom. The molecule has 0 unspecified atom stereocenters. The van der Waals surface area contributed by atoms with Gasteiger partial charge < -0.3 is 4.90 Å². The van der Waals surface area contributed by atoms with Crippen molar-refractivity contribution in [1.29, 1.82) is 0 Å². The predicted octanol–water partition coefficient (Wildman–Crippen LogP) is 1.74. The van der Waals surface area contributed by atoms with Gasteiger partial charge in [0, 0.05) is 0 Å². The summed E-state index contributed by atoms with van der Waals surface area (Å²) in [6.45, 7) is 2.90. The molecule has 96 valence electrons. The molecule has 0 fully saturated rings. The van der Waals surface area contributed by atoms with Crippen LogP contribution in [0.2, 0.25) is 0 Å². The van der Waals surface area contributed by atoms with Gasteiger partial charge in [-0.05, 0) is 63.7 Å². The maximum Gasteiger partial charge on any atom is 0.294 e. The van der Waals surface area contributed by atoms with E-state index in [1.807, 2.05) is 21.0 Å². The van der Waals surface area contributed by atoms with Crippen LogP contribution in [0.25, 0.3) is 0 Å². The van der Waals surface area contributed by atoms with Gasteiger partial charge in [-0.2, -0.15) is 8.42 Å². The summed E-state index contributed by atoms with van der Waals surface area (Å²) in [7, 11) is -0.0910. The second-order valence-corrected chi connectivity index (χ2v) is 5.89. The van der Waals surface area contributed by atoms with Crippen molar-refractivity contribution in [3.05, 3.63) is 29.3 Å². The highest BCUT2D eigenvalue weighted by Crippen LogP contribution is 2.16. The van der Waals surface area contributed by atoms with Crippen molar-refractivity contribution >= 4 is 10.1 Å². The molecule has 0 heterocycles. The van der Waals surface area contributed by atoms with E-state index in [-0.39, 0.29) is 4.90 Å². The van der Waals surface area contributed by atoms with Crippen molar-refractivity contribution in [2.24, 2.45) is 0 Å². The lowest BCUT2D eigenvalue weighted by Crippen LogP contribution is -2.13. The van der Waals surface area contributed by atoms with E-state index in [0.717, 1.165) is 30.5 Å². The van der Waals surface area contributed by atoms with Crippen LogP contribution in [-0.2, 0) is 16.5 Å². The average Bonchev–Trinajstić information content (AvgIpc) is 2.18. The lowest BCUT2D eigenvalue weighted by molar-refractivity contribution is 0.400. The first-order valence-corrected chi connectivity index (χ1v) is 6.96. The highest BCUT2D eigenvalue weighted by molar-refractivity contribution is 7.85. The topological polar surface area (TPSA) is 57.6 Å². The van der Waals surface area contributed by atoms with Gasteiger partial charge in [0.05, 0.1) is 4.90 Å². The number of nitrogens with zero attached hydrogens (tertiary/aromatic N) is 1. The zero-order chi connectivity index (χ0) is 13.1. The largest absolute Gasteiger partial charge is 0.309 e. The van der Waals surface area contributed by atoms with Crippen molar-refractivity contribution in [1.82, 2.24) is 4.90 Å². The van der Waals surface area contributed by atoms with Crippen LogP contribution in [-0.4, -0.2) is 38.5 Å². The lowest BCUT2D eigenvalue weighted by atomic mass is 10.0. The van der Waals surface area contributed by atoms with E-state index in [2.05, 4.69) is 4.90 Å². The predicted molar refractivity (Wildman–Crippen MR) is 67.9 cm³/mol. The van der Waals surface area contributed by atoms with Crippen LogP contribution in [0.4, 0.5) is 0 Å². The van der Waals surface area contributed by atoms with E-state index in [9.17, 15) is 8.42 Å². The van der Waals surface area contributed by atoms with Crippen LogP contribution in [0.15, 0.2) is 23.1 Å². The molecule has 0 aromatic heterocycles. The van der Waals surface area contributed by atoms with E-state index in [0.29, 0.717) is 0 Å². The third kappa shape index (κ3) is 4.46. The summed E-state index contributed by atoms with van der Waals surface area (Å²) in [5.74, 6) is 0. The van der Waals surface area contributed by atoms with Crippen LogP contribution < -0.4 is 0 Å². The minimum atomic E-state index is -4.09. The lowest BCUT2D eigenvalue weighted by Gasteiger charge is -2.11. The van der Waals surface area contributed by atoms with Gasteiger partial charge >= 0.3 is 0 Å². The SMILES string of the molecule is Cc1ccc(S(=O)(=O)O)cc1CCCN(C)C. The number of rotatable bonds is 5. The summed E-state index contributed by atoms with van der Waals surface area (Å²) in [5.41, 5.74) is 2.03. The maximum atomic E-state index is 11.0. The standard InChI is InChI=1S/C12H19NO3S/c1-10-6-7-12(17(14,15)16)9-11(10)5-4-8-13(2)3/h6-7,9H,4-5,8H2,1-3H3,(H,14,15,16). The van der Waals surface area contributed by atoms with Crippen LogP contribution in [0.5, 0.6) is 0 Å². The number of benzene rings is 1. The summed E-state index contributed by atoms with van der Waals surface area (Å²) >= 11 is 0. The molecular weight excluding hydrogens is 238 g/mol. The third-order valence-corrected chi connectivity index (χ3v) is 3.52. The molecule has 1 rings (SSSR count). The minimum Gasteiger partial charge on any atom is -0.309 e. The first kappa shape index (κ1) is 14.2. The Labute approximate surface area is 103 Å². The molecule has 0 aliphatic rings. The Balaban J connectivity index is 2.84. The van der Waals surface area contributed by atoms with Gasteiger partial charge in [0.2, 0.25) is 0 Å². The van der Waals surface area contributed by atoms with Gasteiger partial charge in [-0.25, -0.2) is 0 Å².